The average Bonchev–Trinajstić information content (AvgIpc) is 3.40. The minimum atomic E-state index is -4.00. The molecular formula is C34H39ClN2O6S. The maximum absolute atomic E-state index is 14.4. The number of benzene rings is 3. The lowest BCUT2D eigenvalue weighted by molar-refractivity contribution is -0.144. The summed E-state index contributed by atoms with van der Waals surface area (Å²) in [6.45, 7) is 7.33. The first-order chi connectivity index (χ1) is 20.8. The van der Waals surface area contributed by atoms with Crippen molar-refractivity contribution in [3.8, 4) is 0 Å². The SMILES string of the molecule is COC(=O)[C@H](Cc1ccccc1)NCC(=O)OCC1=C[C@@H](C(C)(C)C)N(S(=O)(=O)c2ccccc2C)C1c1ccc(Cl)cc1. The summed E-state index contributed by atoms with van der Waals surface area (Å²) in [5.41, 5.74) is 2.39. The van der Waals surface area contributed by atoms with Gasteiger partial charge < -0.3 is 9.47 Å². The number of nitrogens with zero attached hydrogens (tertiary/aromatic N) is 1. The monoisotopic (exact) mass is 638 g/mol. The Morgan fingerprint density at radius 1 is 0.977 bits per heavy atom. The number of esters is 2. The molecule has 1 aliphatic heterocycles. The van der Waals surface area contributed by atoms with Crippen LogP contribution in [0.25, 0.3) is 0 Å². The van der Waals surface area contributed by atoms with Crippen molar-refractivity contribution in [1.29, 1.82) is 0 Å². The van der Waals surface area contributed by atoms with Crippen LogP contribution in [-0.2, 0) is 35.5 Å². The number of carbonyl (C=O) groups excluding carboxylic acids is 2. The van der Waals surface area contributed by atoms with E-state index in [2.05, 4.69) is 5.32 Å². The van der Waals surface area contributed by atoms with E-state index in [0.717, 1.165) is 5.56 Å². The number of hydrogen-bond donors (Lipinski definition) is 1. The predicted octanol–water partition coefficient (Wildman–Crippen LogP) is 5.65. The van der Waals surface area contributed by atoms with Crippen molar-refractivity contribution >= 4 is 33.6 Å². The van der Waals surface area contributed by atoms with Gasteiger partial charge in [-0.2, -0.15) is 4.31 Å². The molecule has 3 aromatic carbocycles. The Morgan fingerprint density at radius 2 is 1.61 bits per heavy atom. The van der Waals surface area contributed by atoms with Gasteiger partial charge in [0.2, 0.25) is 10.0 Å². The van der Waals surface area contributed by atoms with Crippen LogP contribution in [0.3, 0.4) is 0 Å². The maximum Gasteiger partial charge on any atom is 0.323 e. The maximum atomic E-state index is 14.4. The highest BCUT2D eigenvalue weighted by molar-refractivity contribution is 7.89. The molecular weight excluding hydrogens is 600 g/mol. The van der Waals surface area contributed by atoms with E-state index in [1.165, 1.54) is 11.4 Å². The van der Waals surface area contributed by atoms with Gasteiger partial charge in [-0.3, -0.25) is 14.9 Å². The number of rotatable bonds is 11. The quantitative estimate of drug-likeness (QED) is 0.214. The number of aryl methyl sites for hydroxylation is 1. The summed E-state index contributed by atoms with van der Waals surface area (Å²) >= 11 is 6.19. The Morgan fingerprint density at radius 3 is 2.23 bits per heavy atom. The van der Waals surface area contributed by atoms with Crippen LogP contribution in [-0.4, -0.2) is 57.0 Å². The van der Waals surface area contributed by atoms with Crippen molar-refractivity contribution in [1.82, 2.24) is 9.62 Å². The summed E-state index contributed by atoms with van der Waals surface area (Å²) in [7, 11) is -2.70. The molecule has 0 saturated carbocycles. The normalized spacial score (nSPS) is 18.0. The lowest BCUT2D eigenvalue weighted by atomic mass is 9.87. The fraction of sp³-hybridized carbons (Fsp3) is 0.353. The molecule has 1 unspecified atom stereocenters. The van der Waals surface area contributed by atoms with Gasteiger partial charge in [0.25, 0.3) is 0 Å². The zero-order valence-electron chi connectivity index (χ0n) is 25.6. The molecule has 3 aromatic rings. The molecule has 0 spiro atoms. The minimum Gasteiger partial charge on any atom is -0.468 e. The van der Waals surface area contributed by atoms with Crippen LogP contribution in [0.1, 0.15) is 43.5 Å². The highest BCUT2D eigenvalue weighted by Crippen LogP contribution is 2.46. The van der Waals surface area contributed by atoms with Crippen LogP contribution in [0.15, 0.2) is 95.4 Å². The van der Waals surface area contributed by atoms with Crippen LogP contribution in [0, 0.1) is 12.3 Å². The summed E-state index contributed by atoms with van der Waals surface area (Å²) in [6.07, 6.45) is 2.23. The molecule has 1 aliphatic rings. The van der Waals surface area contributed by atoms with Crippen molar-refractivity contribution in [2.45, 2.75) is 57.1 Å². The molecule has 0 aliphatic carbocycles. The number of methoxy groups -OCH3 is 1. The van der Waals surface area contributed by atoms with E-state index in [1.807, 2.05) is 57.2 Å². The number of sulfonamides is 1. The minimum absolute atomic E-state index is 0.137. The summed E-state index contributed by atoms with van der Waals surface area (Å²) < 4.78 is 40.9. The smallest absolute Gasteiger partial charge is 0.323 e. The summed E-state index contributed by atoms with van der Waals surface area (Å²) in [5.74, 6) is -1.08. The zero-order chi connectivity index (χ0) is 32.1. The highest BCUT2D eigenvalue weighted by atomic mass is 35.5. The summed E-state index contributed by atoms with van der Waals surface area (Å²) in [5, 5.41) is 3.47. The van der Waals surface area contributed by atoms with Gasteiger partial charge in [-0.05, 0) is 59.2 Å². The van der Waals surface area contributed by atoms with E-state index in [-0.39, 0.29) is 18.0 Å². The Balaban J connectivity index is 1.60. The molecule has 1 heterocycles. The van der Waals surface area contributed by atoms with E-state index in [4.69, 9.17) is 21.1 Å². The van der Waals surface area contributed by atoms with E-state index >= 15 is 0 Å². The molecule has 4 rings (SSSR count). The van der Waals surface area contributed by atoms with Gasteiger partial charge >= 0.3 is 11.9 Å². The molecule has 0 radical (unpaired) electrons. The van der Waals surface area contributed by atoms with Gasteiger partial charge in [0.05, 0.1) is 24.6 Å². The Kier molecular flexibility index (Phi) is 10.7. The van der Waals surface area contributed by atoms with Crippen LogP contribution in [0.5, 0.6) is 0 Å². The molecule has 0 fully saturated rings. The van der Waals surface area contributed by atoms with Crippen molar-refractivity contribution in [3.63, 3.8) is 0 Å². The third kappa shape index (κ3) is 7.77. The van der Waals surface area contributed by atoms with Crippen molar-refractivity contribution < 1.29 is 27.5 Å². The molecule has 10 heteroatoms. The Bertz CT molecular complexity index is 1600. The molecule has 8 nitrogen and oxygen atoms in total. The van der Waals surface area contributed by atoms with E-state index in [9.17, 15) is 18.0 Å². The van der Waals surface area contributed by atoms with Gasteiger partial charge in [0.15, 0.2) is 0 Å². The third-order valence-electron chi connectivity index (χ3n) is 7.63. The number of carbonyl (C=O) groups is 2. The first-order valence-corrected chi connectivity index (χ1v) is 16.2. The van der Waals surface area contributed by atoms with E-state index in [1.54, 1.807) is 55.5 Å². The molecule has 3 atom stereocenters. The van der Waals surface area contributed by atoms with Crippen molar-refractivity contribution in [3.05, 3.63) is 112 Å². The van der Waals surface area contributed by atoms with Crippen LogP contribution >= 0.6 is 11.6 Å². The standard InChI is InChI=1S/C34H39ClN2O6S/c1-23-11-9-10-14-29(23)44(40,41)37-30(34(2,3)4)20-26(32(37)25-15-17-27(35)18-16-25)22-43-31(38)21-36-28(33(39)42-5)19-24-12-7-6-8-13-24/h6-18,20,28,30,32,36H,19,21-22H2,1-5H3/t28-,30-,32?/m0/s1. The van der Waals surface area contributed by atoms with Crippen LogP contribution < -0.4 is 5.32 Å². The zero-order valence-corrected chi connectivity index (χ0v) is 27.2. The second-order valence-corrected chi connectivity index (χ2v) is 14.2. The Hall–Kier alpha value is -3.50. The van der Waals surface area contributed by atoms with E-state index in [0.29, 0.717) is 28.1 Å². The summed E-state index contributed by atoms with van der Waals surface area (Å²) in [4.78, 5) is 25.6. The van der Waals surface area contributed by atoms with Crippen molar-refractivity contribution in [2.24, 2.45) is 5.41 Å². The number of hydrogen-bond acceptors (Lipinski definition) is 7. The highest BCUT2D eigenvalue weighted by Gasteiger charge is 2.48. The van der Waals surface area contributed by atoms with Gasteiger partial charge in [-0.1, -0.05) is 99.1 Å². The van der Waals surface area contributed by atoms with Crippen LogP contribution in [0.4, 0.5) is 0 Å². The van der Waals surface area contributed by atoms with Gasteiger partial charge in [-0.15, -0.1) is 0 Å². The predicted molar refractivity (Wildman–Crippen MR) is 171 cm³/mol. The molecule has 0 amide bonds. The lowest BCUT2D eigenvalue weighted by Crippen LogP contribution is -2.45. The van der Waals surface area contributed by atoms with Crippen LogP contribution in [0.2, 0.25) is 5.02 Å². The lowest BCUT2D eigenvalue weighted by Gasteiger charge is -2.37. The first-order valence-electron chi connectivity index (χ1n) is 14.4. The first kappa shape index (κ1) is 33.4. The third-order valence-corrected chi connectivity index (χ3v) is 9.89. The molecule has 0 aromatic heterocycles. The van der Waals surface area contributed by atoms with Crippen molar-refractivity contribution in [2.75, 3.05) is 20.3 Å². The van der Waals surface area contributed by atoms with E-state index < -0.39 is 45.5 Å². The topological polar surface area (TPSA) is 102 Å². The second kappa shape index (κ2) is 14.1. The molecule has 0 bridgehead atoms. The van der Waals surface area contributed by atoms with Gasteiger partial charge in [0.1, 0.15) is 12.6 Å². The summed E-state index contributed by atoms with van der Waals surface area (Å²) in [6, 6.07) is 21.3. The molecule has 0 saturated heterocycles. The molecule has 44 heavy (non-hydrogen) atoms. The van der Waals surface area contributed by atoms with Gasteiger partial charge in [-0.25, -0.2) is 8.42 Å². The fourth-order valence-electron chi connectivity index (χ4n) is 5.36. The molecule has 1 N–H and O–H groups in total. The fourth-order valence-corrected chi connectivity index (χ4v) is 7.65. The largest absolute Gasteiger partial charge is 0.468 e. The number of halogens is 1. The number of nitrogens with one attached hydrogen (secondary N) is 1. The number of ether oxygens (including phenoxy) is 2. The molecule has 234 valence electrons. The van der Waals surface area contributed by atoms with Gasteiger partial charge in [0, 0.05) is 11.1 Å². The average molecular weight is 639 g/mol. The Labute approximate surface area is 265 Å². The second-order valence-electron chi connectivity index (χ2n) is 11.9.